The van der Waals surface area contributed by atoms with Crippen LogP contribution in [-0.4, -0.2) is 38.9 Å². The second-order valence-electron chi connectivity index (χ2n) is 7.37. The zero-order valence-electron chi connectivity index (χ0n) is 18.5. The summed E-state index contributed by atoms with van der Waals surface area (Å²) < 4.78 is 17.0. The Hall–Kier alpha value is -3.35. The summed E-state index contributed by atoms with van der Waals surface area (Å²) in [6.07, 6.45) is 0.645. The lowest BCUT2D eigenvalue weighted by Crippen LogP contribution is -2.51. The van der Waals surface area contributed by atoms with Crippen LogP contribution in [0.15, 0.2) is 83.9 Å². The van der Waals surface area contributed by atoms with E-state index in [2.05, 4.69) is 17.6 Å². The van der Waals surface area contributed by atoms with Crippen molar-refractivity contribution < 1.29 is 14.2 Å². The molecule has 1 N–H and O–H groups in total. The minimum Gasteiger partial charge on any atom is -0.497 e. The van der Waals surface area contributed by atoms with E-state index in [9.17, 15) is 0 Å². The third-order valence-corrected chi connectivity index (χ3v) is 5.21. The van der Waals surface area contributed by atoms with Crippen molar-refractivity contribution in [3.63, 3.8) is 0 Å². The molecule has 1 aliphatic rings. The number of methoxy groups -OCH3 is 1. The van der Waals surface area contributed by atoms with Gasteiger partial charge in [0, 0.05) is 18.6 Å². The maximum absolute atomic E-state index is 5.94. The molecule has 4 rings (SSSR count). The zero-order chi connectivity index (χ0) is 22.2. The first-order chi connectivity index (χ1) is 15.8. The Morgan fingerprint density at radius 2 is 1.66 bits per heavy atom. The molecule has 0 amide bonds. The maximum Gasteiger partial charge on any atom is 0.164 e. The molecule has 0 spiro atoms. The van der Waals surface area contributed by atoms with Crippen molar-refractivity contribution in [1.82, 2.24) is 5.43 Å². The molecule has 1 aliphatic heterocycles. The van der Waals surface area contributed by atoms with E-state index < -0.39 is 0 Å². The highest BCUT2D eigenvalue weighted by atomic mass is 16.5. The van der Waals surface area contributed by atoms with Crippen molar-refractivity contribution in [3.05, 3.63) is 90.0 Å². The highest BCUT2D eigenvalue weighted by molar-refractivity contribution is 6.09. The fourth-order valence-corrected chi connectivity index (χ4v) is 3.55. The average molecular weight is 432 g/mol. The van der Waals surface area contributed by atoms with E-state index in [1.807, 2.05) is 78.7 Å². The lowest BCUT2D eigenvalue weighted by molar-refractivity contribution is 0.0662. The number of hydrogen-bond acceptors (Lipinski definition) is 6. The van der Waals surface area contributed by atoms with Crippen LogP contribution in [0.4, 0.5) is 5.69 Å². The largest absolute Gasteiger partial charge is 0.497 e. The summed E-state index contributed by atoms with van der Waals surface area (Å²) in [4.78, 5) is 4.86. The van der Waals surface area contributed by atoms with Gasteiger partial charge in [0.25, 0.3) is 0 Å². The third kappa shape index (κ3) is 5.46. The second-order valence-corrected chi connectivity index (χ2v) is 7.37. The maximum atomic E-state index is 5.94. The molecule has 6 heteroatoms. The molecule has 166 valence electrons. The molecule has 3 aromatic carbocycles. The molecule has 0 fully saturated rings. The number of rotatable bonds is 9. The molecule has 1 unspecified atom stereocenters. The van der Waals surface area contributed by atoms with Crippen LogP contribution in [0.5, 0.6) is 11.5 Å². The molecule has 0 radical (unpaired) electrons. The highest BCUT2D eigenvalue weighted by Crippen LogP contribution is 2.23. The SMILES string of the molecule is CCOC1CNN(c2ccc(OC)cc2)C(c2ccc(OCCc3ccccc3)cc2)=N1. The van der Waals surface area contributed by atoms with Crippen LogP contribution in [0.1, 0.15) is 18.1 Å². The standard InChI is InChI=1S/C26H29N3O3/c1-3-31-25-19-27-29(22-11-15-23(30-2)16-12-22)26(28-25)21-9-13-24(14-10-21)32-18-17-20-7-5-4-6-8-20/h4-16,25,27H,3,17-19H2,1-2H3. The Bertz CT molecular complexity index is 1000. The van der Waals surface area contributed by atoms with Gasteiger partial charge in [-0.2, -0.15) is 0 Å². The van der Waals surface area contributed by atoms with E-state index >= 15 is 0 Å². The molecule has 1 atom stereocenters. The molecule has 0 aromatic heterocycles. The van der Waals surface area contributed by atoms with E-state index in [-0.39, 0.29) is 6.23 Å². The van der Waals surface area contributed by atoms with Crippen LogP contribution in [-0.2, 0) is 11.2 Å². The summed E-state index contributed by atoms with van der Waals surface area (Å²) in [5.41, 5.74) is 6.65. The van der Waals surface area contributed by atoms with Crippen LogP contribution in [0.2, 0.25) is 0 Å². The fourth-order valence-electron chi connectivity index (χ4n) is 3.55. The van der Waals surface area contributed by atoms with Gasteiger partial charge in [-0.3, -0.25) is 5.01 Å². The van der Waals surface area contributed by atoms with Gasteiger partial charge >= 0.3 is 0 Å². The monoisotopic (exact) mass is 431 g/mol. The number of aliphatic imine (C=N–C) groups is 1. The molecule has 6 nitrogen and oxygen atoms in total. The molecule has 0 saturated carbocycles. The van der Waals surface area contributed by atoms with Gasteiger partial charge in [0.15, 0.2) is 12.1 Å². The molecular weight excluding hydrogens is 402 g/mol. The van der Waals surface area contributed by atoms with Crippen LogP contribution in [0.25, 0.3) is 0 Å². The van der Waals surface area contributed by atoms with Gasteiger partial charge < -0.3 is 14.2 Å². The summed E-state index contributed by atoms with van der Waals surface area (Å²) >= 11 is 0. The number of hydrogen-bond donors (Lipinski definition) is 1. The summed E-state index contributed by atoms with van der Waals surface area (Å²) in [5.74, 6) is 2.45. The Balaban J connectivity index is 1.49. The Kier molecular flexibility index (Phi) is 7.38. The number of hydrazine groups is 1. The molecule has 0 bridgehead atoms. The zero-order valence-corrected chi connectivity index (χ0v) is 18.5. The molecule has 32 heavy (non-hydrogen) atoms. The van der Waals surface area contributed by atoms with Crippen LogP contribution >= 0.6 is 0 Å². The lowest BCUT2D eigenvalue weighted by Gasteiger charge is -2.33. The van der Waals surface area contributed by atoms with E-state index in [1.54, 1.807) is 7.11 Å². The van der Waals surface area contributed by atoms with Crippen molar-refractivity contribution in [2.24, 2.45) is 4.99 Å². The van der Waals surface area contributed by atoms with E-state index in [0.717, 1.165) is 35.0 Å². The highest BCUT2D eigenvalue weighted by Gasteiger charge is 2.24. The van der Waals surface area contributed by atoms with Crippen molar-refractivity contribution in [3.8, 4) is 11.5 Å². The minimum absolute atomic E-state index is 0.230. The Labute approximate surface area is 189 Å². The number of benzene rings is 3. The molecule has 1 heterocycles. The first-order valence-corrected chi connectivity index (χ1v) is 10.9. The van der Waals surface area contributed by atoms with Crippen molar-refractivity contribution >= 4 is 11.5 Å². The Morgan fingerprint density at radius 1 is 0.938 bits per heavy atom. The summed E-state index contributed by atoms with van der Waals surface area (Å²) in [7, 11) is 1.66. The number of ether oxygens (including phenoxy) is 3. The van der Waals surface area contributed by atoms with Gasteiger partial charge in [-0.1, -0.05) is 30.3 Å². The molecule has 3 aromatic rings. The predicted molar refractivity (Wildman–Crippen MR) is 128 cm³/mol. The summed E-state index contributed by atoms with van der Waals surface area (Å²) in [6, 6.07) is 26.3. The summed E-state index contributed by atoms with van der Waals surface area (Å²) in [6.45, 7) is 3.83. The second kappa shape index (κ2) is 10.8. The smallest absolute Gasteiger partial charge is 0.164 e. The van der Waals surface area contributed by atoms with Gasteiger partial charge in [-0.15, -0.1) is 0 Å². The van der Waals surface area contributed by atoms with Crippen molar-refractivity contribution in [2.75, 3.05) is 31.9 Å². The fraction of sp³-hybridized carbons (Fsp3) is 0.269. The van der Waals surface area contributed by atoms with Crippen LogP contribution in [0.3, 0.4) is 0 Å². The number of anilines is 1. The van der Waals surface area contributed by atoms with Crippen molar-refractivity contribution in [1.29, 1.82) is 0 Å². The van der Waals surface area contributed by atoms with Crippen LogP contribution in [0, 0.1) is 0 Å². The summed E-state index contributed by atoms with van der Waals surface area (Å²) in [5, 5.41) is 1.99. The quantitative estimate of drug-likeness (QED) is 0.543. The van der Waals surface area contributed by atoms with Gasteiger partial charge in [0.05, 0.1) is 25.9 Å². The Morgan fingerprint density at radius 3 is 2.34 bits per heavy atom. The van der Waals surface area contributed by atoms with Gasteiger partial charge in [0.1, 0.15) is 11.5 Å². The predicted octanol–water partition coefficient (Wildman–Crippen LogP) is 4.45. The van der Waals surface area contributed by atoms with E-state index in [0.29, 0.717) is 19.8 Å². The number of nitrogens with zero attached hydrogens (tertiary/aromatic N) is 2. The third-order valence-electron chi connectivity index (χ3n) is 5.21. The first-order valence-electron chi connectivity index (χ1n) is 10.9. The number of amidine groups is 1. The topological polar surface area (TPSA) is 55.3 Å². The van der Waals surface area contributed by atoms with Gasteiger partial charge in [-0.05, 0) is 61.0 Å². The first kappa shape index (κ1) is 21.9. The van der Waals surface area contributed by atoms with E-state index in [1.165, 1.54) is 5.56 Å². The average Bonchev–Trinajstić information content (AvgIpc) is 2.85. The lowest BCUT2D eigenvalue weighted by atomic mass is 10.1. The van der Waals surface area contributed by atoms with Gasteiger partial charge in [0.2, 0.25) is 0 Å². The van der Waals surface area contributed by atoms with Gasteiger partial charge in [-0.25, -0.2) is 10.4 Å². The van der Waals surface area contributed by atoms with Crippen molar-refractivity contribution in [2.45, 2.75) is 19.6 Å². The molecule has 0 aliphatic carbocycles. The minimum atomic E-state index is -0.230. The number of nitrogens with one attached hydrogen (secondary N) is 1. The molecule has 0 saturated heterocycles. The van der Waals surface area contributed by atoms with Crippen LogP contribution < -0.4 is 19.9 Å². The molecular formula is C26H29N3O3. The van der Waals surface area contributed by atoms with E-state index in [4.69, 9.17) is 19.2 Å². The normalized spacial score (nSPS) is 15.9.